The number of fused-ring (bicyclic) bond motifs is 4. The summed E-state index contributed by atoms with van der Waals surface area (Å²) in [5.41, 5.74) is 1.93. The van der Waals surface area contributed by atoms with Crippen LogP contribution >= 0.6 is 0 Å². The van der Waals surface area contributed by atoms with Gasteiger partial charge in [0, 0.05) is 17.3 Å². The zero-order chi connectivity index (χ0) is 13.7. The molecule has 3 aliphatic heterocycles. The third-order valence-electron chi connectivity index (χ3n) is 4.79. The van der Waals surface area contributed by atoms with Crippen LogP contribution in [0.25, 0.3) is 11.0 Å². The number of nitrogens with zero attached hydrogens (tertiary/aromatic N) is 2. The number of aromatic nitrogens is 2. The average molecular weight is 271 g/mol. The number of carbonyl (C=O) groups is 1. The van der Waals surface area contributed by atoms with Gasteiger partial charge in [0.2, 0.25) is 0 Å². The normalized spacial score (nSPS) is 28.9. The highest BCUT2D eigenvalue weighted by atomic mass is 16.4. The monoisotopic (exact) mass is 271 g/mol. The molecule has 2 aromatic rings. The number of hydrogen-bond donors (Lipinski definition) is 2. The molecule has 5 rings (SSSR count). The molecule has 3 saturated heterocycles. The van der Waals surface area contributed by atoms with Crippen molar-refractivity contribution >= 4 is 17.0 Å². The zero-order valence-electron chi connectivity index (χ0n) is 11.2. The molecule has 2 aromatic heterocycles. The fourth-order valence-corrected chi connectivity index (χ4v) is 3.79. The number of carboxylic acid groups (broad SMARTS) is 1. The standard InChI is InChI=1S/C15H17N3O2/c19-15(20)12-10-2-1-5-16-14(10)17-13(12)11-8-9-3-6-18(11)7-4-9/h1-2,5,9,11H,3-4,6-8H2,(H,16,17)(H,19,20). The van der Waals surface area contributed by atoms with Crippen LogP contribution in [0.3, 0.4) is 0 Å². The molecule has 0 saturated carbocycles. The van der Waals surface area contributed by atoms with E-state index in [1.807, 2.05) is 6.07 Å². The molecule has 20 heavy (non-hydrogen) atoms. The summed E-state index contributed by atoms with van der Waals surface area (Å²) < 4.78 is 0. The lowest BCUT2D eigenvalue weighted by Gasteiger charge is -2.45. The van der Waals surface area contributed by atoms with Crippen molar-refractivity contribution < 1.29 is 9.90 Å². The number of nitrogens with one attached hydrogen (secondary N) is 1. The van der Waals surface area contributed by atoms with Gasteiger partial charge in [-0.2, -0.15) is 0 Å². The Morgan fingerprint density at radius 2 is 2.20 bits per heavy atom. The van der Waals surface area contributed by atoms with Crippen molar-refractivity contribution in [1.82, 2.24) is 14.9 Å². The predicted molar refractivity (Wildman–Crippen MR) is 74.7 cm³/mol. The van der Waals surface area contributed by atoms with E-state index in [2.05, 4.69) is 14.9 Å². The molecule has 2 N–H and O–H groups in total. The van der Waals surface area contributed by atoms with E-state index < -0.39 is 5.97 Å². The number of H-pyrrole nitrogens is 1. The van der Waals surface area contributed by atoms with E-state index in [1.54, 1.807) is 12.3 Å². The molecule has 3 aliphatic rings. The first-order chi connectivity index (χ1) is 9.74. The van der Waals surface area contributed by atoms with Crippen LogP contribution in [0.15, 0.2) is 18.3 Å². The van der Waals surface area contributed by atoms with E-state index >= 15 is 0 Å². The Hall–Kier alpha value is -1.88. The van der Waals surface area contributed by atoms with Crippen molar-refractivity contribution in [2.24, 2.45) is 5.92 Å². The van der Waals surface area contributed by atoms with Gasteiger partial charge in [-0.15, -0.1) is 0 Å². The SMILES string of the molecule is O=C(O)c1c(C2CC3CCN2CC3)[nH]c2ncccc12. The minimum atomic E-state index is -0.859. The molecule has 2 bridgehead atoms. The fourth-order valence-electron chi connectivity index (χ4n) is 3.79. The summed E-state index contributed by atoms with van der Waals surface area (Å²) in [4.78, 5) is 21.6. The number of piperidine rings is 3. The van der Waals surface area contributed by atoms with E-state index in [0.717, 1.165) is 36.5 Å². The summed E-state index contributed by atoms with van der Waals surface area (Å²) in [6.45, 7) is 2.16. The molecule has 5 nitrogen and oxygen atoms in total. The Balaban J connectivity index is 1.87. The third-order valence-corrected chi connectivity index (χ3v) is 4.79. The number of hydrogen-bond acceptors (Lipinski definition) is 3. The van der Waals surface area contributed by atoms with Crippen LogP contribution in [0.1, 0.15) is 41.4 Å². The van der Waals surface area contributed by atoms with E-state index in [-0.39, 0.29) is 6.04 Å². The average Bonchev–Trinajstić information content (AvgIpc) is 2.87. The molecule has 1 unspecified atom stereocenters. The highest BCUT2D eigenvalue weighted by molar-refractivity contribution is 6.03. The number of aromatic carboxylic acids is 1. The second-order valence-electron chi connectivity index (χ2n) is 5.85. The highest BCUT2D eigenvalue weighted by Crippen LogP contribution is 2.42. The van der Waals surface area contributed by atoms with Crippen molar-refractivity contribution in [3.8, 4) is 0 Å². The Bertz CT molecular complexity index is 671. The van der Waals surface area contributed by atoms with Crippen molar-refractivity contribution in [3.05, 3.63) is 29.6 Å². The first-order valence-corrected chi connectivity index (χ1v) is 7.18. The molecular weight excluding hydrogens is 254 g/mol. The Labute approximate surface area is 116 Å². The van der Waals surface area contributed by atoms with Crippen LogP contribution in [0.4, 0.5) is 0 Å². The van der Waals surface area contributed by atoms with E-state index in [0.29, 0.717) is 11.2 Å². The first-order valence-electron chi connectivity index (χ1n) is 7.18. The Kier molecular flexibility index (Phi) is 2.57. The first kappa shape index (κ1) is 11.9. The summed E-state index contributed by atoms with van der Waals surface area (Å²) in [7, 11) is 0. The summed E-state index contributed by atoms with van der Waals surface area (Å²) >= 11 is 0. The van der Waals surface area contributed by atoms with Crippen LogP contribution in [0, 0.1) is 5.92 Å². The minimum absolute atomic E-state index is 0.211. The summed E-state index contributed by atoms with van der Waals surface area (Å²) in [5.74, 6) is -0.118. The van der Waals surface area contributed by atoms with Crippen LogP contribution < -0.4 is 0 Å². The fraction of sp³-hybridized carbons (Fsp3) is 0.467. The van der Waals surface area contributed by atoms with Crippen molar-refractivity contribution in [1.29, 1.82) is 0 Å². The van der Waals surface area contributed by atoms with Gasteiger partial charge in [-0.1, -0.05) is 0 Å². The molecule has 104 valence electrons. The predicted octanol–water partition coefficient (Wildman–Crippen LogP) is 2.42. The van der Waals surface area contributed by atoms with Crippen molar-refractivity contribution in [2.45, 2.75) is 25.3 Å². The van der Waals surface area contributed by atoms with Crippen LogP contribution in [0.5, 0.6) is 0 Å². The maximum atomic E-state index is 11.7. The van der Waals surface area contributed by atoms with E-state index in [1.165, 1.54) is 12.8 Å². The lowest BCUT2D eigenvalue weighted by Crippen LogP contribution is -2.44. The largest absolute Gasteiger partial charge is 0.478 e. The molecule has 5 heteroatoms. The lowest BCUT2D eigenvalue weighted by molar-refractivity contribution is 0.0454. The van der Waals surface area contributed by atoms with Crippen LogP contribution in [-0.4, -0.2) is 39.0 Å². The van der Waals surface area contributed by atoms with Gasteiger partial charge in [0.15, 0.2) is 0 Å². The van der Waals surface area contributed by atoms with Crippen LogP contribution in [-0.2, 0) is 0 Å². The van der Waals surface area contributed by atoms with Crippen LogP contribution in [0.2, 0.25) is 0 Å². The van der Waals surface area contributed by atoms with Gasteiger partial charge in [0.25, 0.3) is 0 Å². The summed E-state index contributed by atoms with van der Waals surface area (Å²) in [6, 6.07) is 3.84. The van der Waals surface area contributed by atoms with Gasteiger partial charge in [0.05, 0.1) is 11.6 Å². The highest BCUT2D eigenvalue weighted by Gasteiger charge is 2.37. The molecule has 0 aromatic carbocycles. The molecule has 0 radical (unpaired) electrons. The second kappa shape index (κ2) is 4.31. The molecule has 3 fully saturated rings. The zero-order valence-corrected chi connectivity index (χ0v) is 11.2. The Morgan fingerprint density at radius 3 is 2.85 bits per heavy atom. The van der Waals surface area contributed by atoms with Gasteiger partial charge in [-0.05, 0) is 50.4 Å². The molecule has 0 amide bonds. The molecule has 0 aliphatic carbocycles. The lowest BCUT2D eigenvalue weighted by atomic mass is 9.81. The van der Waals surface area contributed by atoms with Crippen molar-refractivity contribution in [3.63, 3.8) is 0 Å². The van der Waals surface area contributed by atoms with Gasteiger partial charge < -0.3 is 10.1 Å². The molecular formula is C15H17N3O2. The topological polar surface area (TPSA) is 69.2 Å². The molecule has 5 heterocycles. The second-order valence-corrected chi connectivity index (χ2v) is 5.85. The number of aromatic amines is 1. The summed E-state index contributed by atoms with van der Waals surface area (Å²) in [5, 5.41) is 10.3. The van der Waals surface area contributed by atoms with Gasteiger partial charge >= 0.3 is 5.97 Å². The van der Waals surface area contributed by atoms with Gasteiger partial charge in [0.1, 0.15) is 5.65 Å². The van der Waals surface area contributed by atoms with E-state index in [9.17, 15) is 9.90 Å². The molecule has 0 spiro atoms. The van der Waals surface area contributed by atoms with E-state index in [4.69, 9.17) is 0 Å². The maximum Gasteiger partial charge on any atom is 0.338 e. The number of rotatable bonds is 2. The van der Waals surface area contributed by atoms with Gasteiger partial charge in [-0.3, -0.25) is 4.90 Å². The summed E-state index contributed by atoms with van der Waals surface area (Å²) in [6.07, 6.45) is 5.25. The minimum Gasteiger partial charge on any atom is -0.478 e. The van der Waals surface area contributed by atoms with Gasteiger partial charge in [-0.25, -0.2) is 9.78 Å². The molecule has 1 atom stereocenters. The number of carboxylic acids is 1. The number of pyridine rings is 1. The smallest absolute Gasteiger partial charge is 0.338 e. The van der Waals surface area contributed by atoms with Crippen molar-refractivity contribution in [2.75, 3.05) is 13.1 Å². The third kappa shape index (κ3) is 1.66. The maximum absolute atomic E-state index is 11.7. The Morgan fingerprint density at radius 1 is 1.40 bits per heavy atom. The quantitative estimate of drug-likeness (QED) is 0.880.